The van der Waals surface area contributed by atoms with Crippen molar-refractivity contribution in [3.05, 3.63) is 289 Å². The quantitative estimate of drug-likeness (QED) is 0.101. The fraction of sp³-hybridized carbons (Fsp3) is 0. The van der Waals surface area contributed by atoms with Crippen LogP contribution in [0.15, 0.2) is 261 Å². The van der Waals surface area contributed by atoms with Crippen molar-refractivity contribution >= 4 is 123 Å². The summed E-state index contributed by atoms with van der Waals surface area (Å²) in [6, 6.07) is 95.6. The molecule has 3 nitrogen and oxygen atoms in total. The van der Waals surface area contributed by atoms with Crippen LogP contribution in [-0.4, -0.2) is 0 Å². The molecule has 0 saturated heterocycles. The van der Waals surface area contributed by atoms with Crippen molar-refractivity contribution in [1.29, 1.82) is 5.26 Å². The molecule has 0 saturated carbocycles. The van der Waals surface area contributed by atoms with Gasteiger partial charge in [-0.15, -0.1) is 0 Å². The van der Waals surface area contributed by atoms with Crippen LogP contribution in [0.5, 0.6) is 0 Å². The molecule has 13 rings (SSSR count). The van der Waals surface area contributed by atoms with Gasteiger partial charge in [0.15, 0.2) is 0 Å². The smallest absolute Gasteiger partial charge is 0.100 e. The number of nitrogens with zero attached hydrogens (tertiary/aromatic N) is 3. The van der Waals surface area contributed by atoms with Gasteiger partial charge >= 0.3 is 0 Å². The van der Waals surface area contributed by atoms with Crippen LogP contribution in [0.3, 0.4) is 0 Å². The van der Waals surface area contributed by atoms with Gasteiger partial charge in [0, 0.05) is 43.7 Å². The van der Waals surface area contributed by atoms with E-state index in [1.54, 1.807) is 0 Å². The van der Waals surface area contributed by atoms with Gasteiger partial charge in [-0.25, -0.2) is 0 Å². The van der Waals surface area contributed by atoms with Crippen LogP contribution in [0.4, 0.5) is 34.1 Å². The largest absolute Gasteiger partial charge is 0.309 e. The van der Waals surface area contributed by atoms with E-state index in [1.807, 2.05) is 0 Å². The molecule has 346 valence electrons. The summed E-state index contributed by atoms with van der Waals surface area (Å²) in [5, 5.41) is 24.2. The average Bonchev–Trinajstić information content (AvgIpc) is 3.46. The highest BCUT2D eigenvalue weighted by Crippen LogP contribution is 2.44. The number of benzene rings is 13. The van der Waals surface area contributed by atoms with Crippen LogP contribution in [0.2, 0.25) is 0 Å². The van der Waals surface area contributed by atoms with Crippen molar-refractivity contribution in [3.63, 3.8) is 0 Å². The predicted molar refractivity (Wildman–Crippen MR) is 316 cm³/mol. The highest BCUT2D eigenvalue weighted by Gasteiger charge is 2.19. The molecule has 0 aliphatic heterocycles. The first-order chi connectivity index (χ1) is 36.6. The number of anilines is 6. The molecule has 13 aromatic rings. The molecule has 0 unspecified atom stereocenters. The molecule has 0 heterocycles. The normalized spacial score (nSPS) is 11.7. The highest BCUT2D eigenvalue weighted by molar-refractivity contribution is 6.08. The zero-order valence-electron chi connectivity index (χ0n) is 40.5. The number of hydrogen-bond donors (Lipinski definition) is 0. The topological polar surface area (TPSA) is 30.3 Å². The van der Waals surface area contributed by atoms with Crippen LogP contribution >= 0.6 is 0 Å². The third kappa shape index (κ3) is 8.17. The van der Waals surface area contributed by atoms with Gasteiger partial charge in [0.05, 0.1) is 28.3 Å². The molecule has 0 atom stereocenters. The first-order valence-corrected chi connectivity index (χ1v) is 25.1. The molecule has 0 bridgehead atoms. The number of nitriles is 1. The van der Waals surface area contributed by atoms with Gasteiger partial charge in [0.2, 0.25) is 0 Å². The molecule has 0 aromatic heterocycles. The minimum Gasteiger partial charge on any atom is -0.309 e. The van der Waals surface area contributed by atoms with Gasteiger partial charge in [-0.3, -0.25) is 0 Å². The minimum atomic E-state index is 0.687. The lowest BCUT2D eigenvalue weighted by Crippen LogP contribution is -2.11. The molecule has 0 aliphatic carbocycles. The van der Waals surface area contributed by atoms with Gasteiger partial charge < -0.3 is 9.80 Å². The maximum atomic E-state index is 10.6. The molecule has 74 heavy (non-hydrogen) atoms. The van der Waals surface area contributed by atoms with Crippen LogP contribution < -0.4 is 9.80 Å². The summed E-state index contributed by atoms with van der Waals surface area (Å²) in [6.45, 7) is 0. The summed E-state index contributed by atoms with van der Waals surface area (Å²) in [5.41, 5.74) is 11.7. The zero-order valence-corrected chi connectivity index (χ0v) is 40.5. The van der Waals surface area contributed by atoms with Crippen LogP contribution in [-0.2, 0) is 0 Å². The maximum Gasteiger partial charge on any atom is 0.100 e. The van der Waals surface area contributed by atoms with Gasteiger partial charge in [0.1, 0.15) is 6.07 Å². The predicted octanol–water partition coefficient (Wildman–Crippen LogP) is 19.8. The summed E-state index contributed by atoms with van der Waals surface area (Å²) < 4.78 is 0. The van der Waals surface area contributed by atoms with E-state index in [1.165, 1.54) is 43.1 Å². The van der Waals surface area contributed by atoms with Crippen molar-refractivity contribution in [2.45, 2.75) is 0 Å². The fourth-order valence-corrected chi connectivity index (χ4v) is 10.8. The van der Waals surface area contributed by atoms with Crippen LogP contribution in [0.1, 0.15) is 27.8 Å². The Morgan fingerprint density at radius 3 is 1.03 bits per heavy atom. The highest BCUT2D eigenvalue weighted by atomic mass is 15.2. The SMILES string of the molecule is N#Cc1c2ccc(C=Cc3ccc(N(c4cccc5ccccc45)c4cccc5ccccc45)cc3)cc2cc2ccc(C=Cc3ccc(N(c4cccc5ccccc45)c4cccc5ccccc45)cc3)cc12. The van der Waals surface area contributed by atoms with Gasteiger partial charge in [-0.05, 0) is 121 Å². The number of rotatable bonds is 10. The molecule has 13 aromatic carbocycles. The Balaban J connectivity index is 0.771. The van der Waals surface area contributed by atoms with E-state index in [9.17, 15) is 5.26 Å². The Morgan fingerprint density at radius 1 is 0.257 bits per heavy atom. The van der Waals surface area contributed by atoms with E-state index in [4.69, 9.17) is 0 Å². The van der Waals surface area contributed by atoms with E-state index in [0.29, 0.717) is 5.56 Å². The number of fused-ring (bicyclic) bond motifs is 6. The van der Waals surface area contributed by atoms with Crippen molar-refractivity contribution in [2.75, 3.05) is 9.80 Å². The first-order valence-electron chi connectivity index (χ1n) is 25.1. The van der Waals surface area contributed by atoms with Crippen molar-refractivity contribution in [2.24, 2.45) is 0 Å². The Morgan fingerprint density at radius 2 is 0.608 bits per heavy atom. The lowest BCUT2D eigenvalue weighted by atomic mass is 9.94. The molecule has 3 heteroatoms. The lowest BCUT2D eigenvalue weighted by Gasteiger charge is -2.28. The Labute approximate surface area is 430 Å². The molecular weight excluding hydrogens is 895 g/mol. The van der Waals surface area contributed by atoms with Gasteiger partial charge in [0.25, 0.3) is 0 Å². The second-order valence-corrected chi connectivity index (χ2v) is 18.8. The zero-order chi connectivity index (χ0) is 49.4. The monoisotopic (exact) mass is 941 g/mol. The van der Waals surface area contributed by atoms with Crippen molar-refractivity contribution in [1.82, 2.24) is 0 Å². The number of hydrogen-bond acceptors (Lipinski definition) is 3. The molecule has 0 aliphatic rings. The Hall–Kier alpha value is -10.0. The van der Waals surface area contributed by atoms with Crippen LogP contribution in [0.25, 0.3) is 88.9 Å². The molecule has 0 amide bonds. The Kier molecular flexibility index (Phi) is 11.3. The minimum absolute atomic E-state index is 0.687. The standard InChI is InChI=1S/C71H47N3/c72-48-67-61-44-38-51(31-29-49-34-40-59(41-35-49)73(68-25-9-17-53-13-1-5-21-62(53)68)69-26-10-18-54-14-2-6-22-63(54)69)45-58(61)47-57-39-33-52(46-66(57)67)32-30-50-36-42-60(43-37-50)74(70-27-11-19-55-15-3-7-23-64(55)70)71-28-12-20-56-16-4-8-24-65(56)71/h1-47H. The second-order valence-electron chi connectivity index (χ2n) is 18.8. The fourth-order valence-electron chi connectivity index (χ4n) is 10.8. The molecule has 0 radical (unpaired) electrons. The van der Waals surface area contributed by atoms with Crippen LogP contribution in [0, 0.1) is 11.3 Å². The first kappa shape index (κ1) is 44.0. The summed E-state index contributed by atoms with van der Waals surface area (Å²) >= 11 is 0. The van der Waals surface area contributed by atoms with E-state index in [0.717, 1.165) is 77.9 Å². The third-order valence-electron chi connectivity index (χ3n) is 14.4. The summed E-state index contributed by atoms with van der Waals surface area (Å²) in [4.78, 5) is 4.76. The van der Waals surface area contributed by atoms with E-state index >= 15 is 0 Å². The molecule has 0 N–H and O–H groups in total. The summed E-state index contributed by atoms with van der Waals surface area (Å²) in [5.74, 6) is 0. The maximum absolute atomic E-state index is 10.6. The summed E-state index contributed by atoms with van der Waals surface area (Å²) in [7, 11) is 0. The molecule has 0 spiro atoms. The van der Waals surface area contributed by atoms with Gasteiger partial charge in [-0.2, -0.15) is 5.26 Å². The summed E-state index contributed by atoms with van der Waals surface area (Å²) in [6.07, 6.45) is 8.60. The molecular formula is C71H47N3. The van der Waals surface area contributed by atoms with Gasteiger partial charge in [-0.1, -0.05) is 218 Å². The average molecular weight is 942 g/mol. The van der Waals surface area contributed by atoms with Crippen molar-refractivity contribution < 1.29 is 0 Å². The lowest BCUT2D eigenvalue weighted by molar-refractivity contribution is 1.31. The van der Waals surface area contributed by atoms with E-state index in [-0.39, 0.29) is 0 Å². The Bertz CT molecular complexity index is 4210. The third-order valence-corrected chi connectivity index (χ3v) is 14.4. The van der Waals surface area contributed by atoms with Crippen molar-refractivity contribution in [3.8, 4) is 6.07 Å². The molecule has 0 fully saturated rings. The van der Waals surface area contributed by atoms with E-state index in [2.05, 4.69) is 301 Å². The van der Waals surface area contributed by atoms with E-state index < -0.39 is 0 Å². The second kappa shape index (κ2) is 19.0.